The molecule has 0 bridgehead atoms. The van der Waals surface area contributed by atoms with Crippen molar-refractivity contribution in [1.29, 1.82) is 0 Å². The van der Waals surface area contributed by atoms with Crippen LogP contribution in [0.15, 0.2) is 42.5 Å². The number of aromatic nitrogens is 1. The van der Waals surface area contributed by atoms with Crippen LogP contribution < -0.4 is 0 Å². The smallest absolute Gasteiger partial charge is 0.416 e. The van der Waals surface area contributed by atoms with E-state index in [1.807, 2.05) is 0 Å². The van der Waals surface area contributed by atoms with Gasteiger partial charge in [0.15, 0.2) is 0 Å². The lowest BCUT2D eigenvalue weighted by Crippen LogP contribution is -2.36. The van der Waals surface area contributed by atoms with Crippen LogP contribution >= 0.6 is 0 Å². The maximum Gasteiger partial charge on any atom is 0.416 e. The first-order chi connectivity index (χ1) is 17.5. The number of benzene rings is 2. The first kappa shape index (κ1) is 27.3. The fourth-order valence-corrected chi connectivity index (χ4v) is 6.52. The van der Waals surface area contributed by atoms with E-state index < -0.39 is 23.1 Å². The van der Waals surface area contributed by atoms with Crippen molar-refractivity contribution in [2.75, 3.05) is 0 Å². The molecule has 1 N–H and O–H groups in total. The number of halogens is 3. The quantitative estimate of drug-likeness (QED) is 0.310. The normalized spacial score (nSPS) is 18.8. The van der Waals surface area contributed by atoms with E-state index in [4.69, 9.17) is 0 Å². The van der Waals surface area contributed by atoms with Crippen LogP contribution in [-0.4, -0.2) is 15.6 Å². The average molecular weight is 514 g/mol. The Balaban J connectivity index is 2.03. The van der Waals surface area contributed by atoms with E-state index in [1.54, 1.807) is 12.1 Å². The SMILES string of the molecule is CCCC(c1ccc(C(F)(F)F)cc1)n1c2c(c3cc(C(C)C)ccc31)CCCC2(CCC)CC(=O)O. The lowest BCUT2D eigenvalue weighted by atomic mass is 9.68. The number of carboxylic acid groups (broad SMARTS) is 1. The predicted molar refractivity (Wildman–Crippen MR) is 142 cm³/mol. The zero-order valence-electron chi connectivity index (χ0n) is 22.3. The summed E-state index contributed by atoms with van der Waals surface area (Å²) in [5.74, 6) is -0.449. The maximum atomic E-state index is 13.3. The molecule has 1 aliphatic carbocycles. The van der Waals surface area contributed by atoms with Crippen LogP contribution in [0.1, 0.15) is 113 Å². The molecule has 3 nitrogen and oxygen atoms in total. The van der Waals surface area contributed by atoms with Gasteiger partial charge in [0.05, 0.1) is 18.0 Å². The Hall–Kier alpha value is -2.76. The van der Waals surface area contributed by atoms with Gasteiger partial charge in [0.1, 0.15) is 0 Å². The number of hydrogen-bond acceptors (Lipinski definition) is 1. The second-order valence-corrected chi connectivity index (χ2v) is 11.0. The third-order valence-electron chi connectivity index (χ3n) is 8.10. The zero-order chi connectivity index (χ0) is 27.0. The summed E-state index contributed by atoms with van der Waals surface area (Å²) in [6.45, 7) is 8.51. The second kappa shape index (κ2) is 10.5. The van der Waals surface area contributed by atoms with Gasteiger partial charge in [-0.1, -0.05) is 58.7 Å². The summed E-state index contributed by atoms with van der Waals surface area (Å²) in [7, 11) is 0. The monoisotopic (exact) mass is 513 g/mol. The van der Waals surface area contributed by atoms with E-state index in [1.165, 1.54) is 28.6 Å². The van der Waals surface area contributed by atoms with Crippen LogP contribution in [0.4, 0.5) is 13.2 Å². The van der Waals surface area contributed by atoms with E-state index in [2.05, 4.69) is 50.5 Å². The fraction of sp³-hybridized carbons (Fsp3) is 0.516. The second-order valence-electron chi connectivity index (χ2n) is 11.0. The van der Waals surface area contributed by atoms with Crippen molar-refractivity contribution in [2.24, 2.45) is 0 Å². The topological polar surface area (TPSA) is 42.2 Å². The number of rotatable bonds is 9. The lowest BCUT2D eigenvalue weighted by Gasteiger charge is -2.40. The number of alkyl halides is 3. The Morgan fingerprint density at radius 1 is 1.05 bits per heavy atom. The third-order valence-corrected chi connectivity index (χ3v) is 8.10. The number of aliphatic carboxylic acids is 1. The molecule has 2 atom stereocenters. The Morgan fingerprint density at radius 3 is 2.30 bits per heavy atom. The van der Waals surface area contributed by atoms with Crippen LogP contribution in [0.5, 0.6) is 0 Å². The summed E-state index contributed by atoms with van der Waals surface area (Å²) >= 11 is 0. The molecule has 3 aromatic rings. The zero-order valence-corrected chi connectivity index (χ0v) is 22.3. The van der Waals surface area contributed by atoms with E-state index in [0.717, 1.165) is 61.7 Å². The van der Waals surface area contributed by atoms with E-state index in [-0.39, 0.29) is 12.5 Å². The van der Waals surface area contributed by atoms with Gasteiger partial charge in [0.25, 0.3) is 0 Å². The molecule has 0 saturated heterocycles. The molecule has 2 unspecified atom stereocenters. The highest BCUT2D eigenvalue weighted by Gasteiger charge is 2.43. The van der Waals surface area contributed by atoms with Crippen LogP contribution in [0.2, 0.25) is 0 Å². The number of carboxylic acids is 1. The Morgan fingerprint density at radius 2 is 1.73 bits per heavy atom. The number of carbonyl (C=O) groups is 1. The highest BCUT2D eigenvalue weighted by atomic mass is 19.4. The molecule has 0 radical (unpaired) electrons. The largest absolute Gasteiger partial charge is 0.481 e. The summed E-state index contributed by atoms with van der Waals surface area (Å²) in [4.78, 5) is 12.2. The van der Waals surface area contributed by atoms with Crippen molar-refractivity contribution in [1.82, 2.24) is 4.57 Å². The number of hydrogen-bond donors (Lipinski definition) is 1. The van der Waals surface area contributed by atoms with Gasteiger partial charge >= 0.3 is 12.1 Å². The molecule has 1 aromatic heterocycles. The first-order valence-electron chi connectivity index (χ1n) is 13.6. The molecule has 0 saturated carbocycles. The number of aryl methyl sites for hydroxylation is 1. The van der Waals surface area contributed by atoms with Crippen molar-refractivity contribution in [3.8, 4) is 0 Å². The molecule has 0 aliphatic heterocycles. The summed E-state index contributed by atoms with van der Waals surface area (Å²) < 4.78 is 42.3. The van der Waals surface area contributed by atoms with Crippen molar-refractivity contribution in [3.05, 3.63) is 70.4 Å². The minimum absolute atomic E-state index is 0.0626. The molecular weight excluding hydrogens is 475 g/mol. The molecule has 4 rings (SSSR count). The average Bonchev–Trinajstić information content (AvgIpc) is 3.17. The Kier molecular flexibility index (Phi) is 7.77. The lowest BCUT2D eigenvalue weighted by molar-refractivity contribution is -0.139. The van der Waals surface area contributed by atoms with Crippen molar-refractivity contribution in [3.63, 3.8) is 0 Å². The minimum atomic E-state index is -4.39. The minimum Gasteiger partial charge on any atom is -0.481 e. The van der Waals surface area contributed by atoms with Gasteiger partial charge in [-0.25, -0.2) is 0 Å². The van der Waals surface area contributed by atoms with Gasteiger partial charge in [-0.3, -0.25) is 4.79 Å². The number of fused-ring (bicyclic) bond motifs is 3. The summed E-state index contributed by atoms with van der Waals surface area (Å²) in [5.41, 5.74) is 4.29. The van der Waals surface area contributed by atoms with Crippen molar-refractivity contribution >= 4 is 16.9 Å². The molecule has 1 heterocycles. The van der Waals surface area contributed by atoms with Gasteiger partial charge in [0, 0.05) is 22.0 Å². The molecule has 200 valence electrons. The maximum absolute atomic E-state index is 13.3. The van der Waals surface area contributed by atoms with Crippen LogP contribution in [0, 0.1) is 0 Å². The van der Waals surface area contributed by atoms with Crippen molar-refractivity contribution in [2.45, 2.75) is 103 Å². The molecule has 0 spiro atoms. The highest BCUT2D eigenvalue weighted by Crippen LogP contribution is 2.50. The molecule has 0 amide bonds. The molecule has 6 heteroatoms. The summed E-state index contributed by atoms with van der Waals surface area (Å²) in [6.07, 6.45) is 1.54. The van der Waals surface area contributed by atoms with Crippen molar-refractivity contribution < 1.29 is 23.1 Å². The molecule has 2 aromatic carbocycles. The molecule has 37 heavy (non-hydrogen) atoms. The van der Waals surface area contributed by atoms with E-state index in [9.17, 15) is 23.1 Å². The molecule has 1 aliphatic rings. The standard InChI is InChI=1S/C31H38F3NO2/c1-5-8-26(21-10-13-23(14-11-21)31(32,33)34)35-27-15-12-22(20(3)4)18-25(27)24-9-7-17-30(16-6-2,29(24)35)19-28(36)37/h10-15,18,20,26H,5-9,16-17,19H2,1-4H3,(H,36,37). The number of nitrogens with zero attached hydrogens (tertiary/aromatic N) is 1. The van der Waals surface area contributed by atoms with Gasteiger partial charge in [-0.2, -0.15) is 13.2 Å². The van der Waals surface area contributed by atoms with Gasteiger partial charge in [-0.05, 0) is 79.0 Å². The first-order valence-corrected chi connectivity index (χ1v) is 13.6. The molecule has 0 fully saturated rings. The van der Waals surface area contributed by atoms with Crippen LogP contribution in [-0.2, 0) is 22.8 Å². The Labute approximate surface area is 217 Å². The van der Waals surface area contributed by atoms with Crippen LogP contribution in [0.3, 0.4) is 0 Å². The highest BCUT2D eigenvalue weighted by molar-refractivity contribution is 5.88. The summed E-state index contributed by atoms with van der Waals surface area (Å²) in [5, 5.41) is 11.2. The molecular formula is C31H38F3NO2. The Bertz CT molecular complexity index is 1260. The summed E-state index contributed by atoms with van der Waals surface area (Å²) in [6, 6.07) is 11.9. The van der Waals surface area contributed by atoms with E-state index >= 15 is 0 Å². The van der Waals surface area contributed by atoms with Gasteiger partial charge < -0.3 is 9.67 Å². The van der Waals surface area contributed by atoms with E-state index in [0.29, 0.717) is 5.92 Å². The van der Waals surface area contributed by atoms with Crippen LogP contribution in [0.25, 0.3) is 10.9 Å². The fourth-order valence-electron chi connectivity index (χ4n) is 6.52. The third kappa shape index (κ3) is 5.17. The predicted octanol–water partition coefficient (Wildman–Crippen LogP) is 9.02. The van der Waals surface area contributed by atoms with Gasteiger partial charge in [0.2, 0.25) is 0 Å². The van der Waals surface area contributed by atoms with Gasteiger partial charge in [-0.15, -0.1) is 0 Å².